The smallest absolute Gasteiger partial charge is 0.136 e. The minimum Gasteiger partial charge on any atom is -0.490 e. The number of ether oxygens (including phenoxy) is 2. The van der Waals surface area contributed by atoms with Gasteiger partial charge in [-0.2, -0.15) is 0 Å². The maximum Gasteiger partial charge on any atom is 0.136 e. The first kappa shape index (κ1) is 19.9. The second-order valence-electron chi connectivity index (χ2n) is 7.78. The minimum atomic E-state index is -0.103. The highest BCUT2D eigenvalue weighted by Gasteiger charge is 2.34. The second kappa shape index (κ2) is 8.56. The lowest BCUT2D eigenvalue weighted by atomic mass is 9.86. The van der Waals surface area contributed by atoms with E-state index in [1.807, 2.05) is 30.3 Å². The molecular weight excluding hydrogens is 386 g/mol. The van der Waals surface area contributed by atoms with Gasteiger partial charge in [-0.1, -0.05) is 29.8 Å². The molecule has 4 rings (SSSR count). The maximum absolute atomic E-state index is 7.73. The van der Waals surface area contributed by atoms with Gasteiger partial charge in [-0.25, -0.2) is 0 Å². The standard InChI is InChI=1S/C23H26ClN3O2/c1-14(23(25)26)27-20-12-22(17-5-3-9-28-13-17)29-21-8-7-16(11-19(20)21)15-4-2-6-18(24)10-15/h2,4,6-8,10-11,17,20,22H,3,5,9,12-13H2,1H3,(H3,25,26)/t17-,20?,22?/m0/s1. The van der Waals surface area contributed by atoms with Gasteiger partial charge in [0.1, 0.15) is 17.7 Å². The Morgan fingerprint density at radius 2 is 2.03 bits per heavy atom. The Bertz CT molecular complexity index is 937. The van der Waals surface area contributed by atoms with Gasteiger partial charge in [0.15, 0.2) is 0 Å². The van der Waals surface area contributed by atoms with Crippen LogP contribution in [0.15, 0.2) is 47.5 Å². The van der Waals surface area contributed by atoms with Gasteiger partial charge in [0, 0.05) is 29.5 Å². The molecule has 2 aromatic rings. The van der Waals surface area contributed by atoms with E-state index < -0.39 is 0 Å². The van der Waals surface area contributed by atoms with Crippen LogP contribution in [0.2, 0.25) is 5.02 Å². The molecule has 2 aromatic carbocycles. The molecule has 0 amide bonds. The lowest BCUT2D eigenvalue weighted by Gasteiger charge is -2.37. The molecule has 1 saturated heterocycles. The summed E-state index contributed by atoms with van der Waals surface area (Å²) >= 11 is 6.18. The second-order valence-corrected chi connectivity index (χ2v) is 8.21. The van der Waals surface area contributed by atoms with Crippen molar-refractivity contribution in [3.8, 4) is 16.9 Å². The summed E-state index contributed by atoms with van der Waals surface area (Å²) in [6.45, 7) is 3.34. The van der Waals surface area contributed by atoms with E-state index in [4.69, 9.17) is 37.2 Å². The molecule has 6 heteroatoms. The minimum absolute atomic E-state index is 0.00147. The summed E-state index contributed by atoms with van der Waals surface area (Å²) in [7, 11) is 0. The summed E-state index contributed by atoms with van der Waals surface area (Å²) in [6.07, 6.45) is 2.96. The van der Waals surface area contributed by atoms with Crippen molar-refractivity contribution in [2.45, 2.75) is 38.3 Å². The number of nitrogens with one attached hydrogen (secondary N) is 1. The predicted octanol–water partition coefficient (Wildman–Crippen LogP) is 5.02. The monoisotopic (exact) mass is 411 g/mol. The Balaban J connectivity index is 1.71. The van der Waals surface area contributed by atoms with Crippen LogP contribution in [0.1, 0.15) is 37.8 Å². The van der Waals surface area contributed by atoms with Crippen LogP contribution in [0.25, 0.3) is 11.1 Å². The lowest BCUT2D eigenvalue weighted by Crippen LogP contribution is -2.37. The fraction of sp³-hybridized carbons (Fsp3) is 0.391. The van der Waals surface area contributed by atoms with Crippen LogP contribution in [0.5, 0.6) is 5.75 Å². The van der Waals surface area contributed by atoms with Crippen LogP contribution < -0.4 is 10.5 Å². The van der Waals surface area contributed by atoms with Gasteiger partial charge in [-0.05, 0) is 55.2 Å². The van der Waals surface area contributed by atoms with Crippen LogP contribution in [0.4, 0.5) is 0 Å². The molecule has 0 saturated carbocycles. The van der Waals surface area contributed by atoms with E-state index >= 15 is 0 Å². The fourth-order valence-corrected chi connectivity index (χ4v) is 4.29. The quantitative estimate of drug-likeness (QED) is 0.547. The van der Waals surface area contributed by atoms with Crippen LogP contribution >= 0.6 is 11.6 Å². The number of rotatable bonds is 4. The molecule has 0 aromatic heterocycles. The molecule has 0 spiro atoms. The van der Waals surface area contributed by atoms with E-state index in [2.05, 4.69) is 12.1 Å². The topological polar surface area (TPSA) is 80.7 Å². The highest BCUT2D eigenvalue weighted by Crippen LogP contribution is 2.42. The number of nitrogens with zero attached hydrogens (tertiary/aromatic N) is 1. The SMILES string of the molecule is CC(=NC1CC([C@H]2CCCOC2)Oc2ccc(-c3cccc(Cl)c3)cc21)C(=N)N. The normalized spacial score (nSPS) is 24.5. The summed E-state index contributed by atoms with van der Waals surface area (Å²) in [5.41, 5.74) is 9.36. The van der Waals surface area contributed by atoms with Crippen LogP contribution in [-0.2, 0) is 4.74 Å². The number of benzene rings is 2. The zero-order chi connectivity index (χ0) is 20.4. The van der Waals surface area contributed by atoms with E-state index in [0.717, 1.165) is 54.9 Å². The van der Waals surface area contributed by atoms with Crippen molar-refractivity contribution in [3.05, 3.63) is 53.1 Å². The zero-order valence-corrected chi connectivity index (χ0v) is 17.3. The fourth-order valence-electron chi connectivity index (χ4n) is 4.10. The molecule has 3 atom stereocenters. The van der Waals surface area contributed by atoms with Gasteiger partial charge in [-0.3, -0.25) is 10.4 Å². The number of fused-ring (bicyclic) bond motifs is 1. The van der Waals surface area contributed by atoms with Gasteiger partial charge < -0.3 is 15.2 Å². The number of aliphatic imine (C=N–C) groups is 1. The number of hydrogen-bond acceptors (Lipinski definition) is 4. The molecule has 2 heterocycles. The summed E-state index contributed by atoms with van der Waals surface area (Å²) in [4.78, 5) is 4.79. The number of halogens is 1. The largest absolute Gasteiger partial charge is 0.490 e. The first-order chi connectivity index (χ1) is 14.0. The van der Waals surface area contributed by atoms with Gasteiger partial charge >= 0.3 is 0 Å². The molecule has 2 unspecified atom stereocenters. The van der Waals surface area contributed by atoms with Gasteiger partial charge in [0.05, 0.1) is 18.4 Å². The number of hydrogen-bond donors (Lipinski definition) is 2. The molecule has 2 aliphatic heterocycles. The Labute approximate surface area is 176 Å². The highest BCUT2D eigenvalue weighted by atomic mass is 35.5. The summed E-state index contributed by atoms with van der Waals surface area (Å²) in [5, 5.41) is 8.43. The number of amidine groups is 1. The Kier molecular flexibility index (Phi) is 5.88. The first-order valence-electron chi connectivity index (χ1n) is 10.0. The van der Waals surface area contributed by atoms with Crippen molar-refractivity contribution < 1.29 is 9.47 Å². The number of nitrogens with two attached hydrogens (primary N) is 1. The van der Waals surface area contributed by atoms with E-state index in [1.165, 1.54) is 0 Å². The molecular formula is C23H26ClN3O2. The zero-order valence-electron chi connectivity index (χ0n) is 16.5. The Morgan fingerprint density at radius 3 is 2.76 bits per heavy atom. The van der Waals surface area contributed by atoms with Crippen LogP contribution in [0.3, 0.4) is 0 Å². The van der Waals surface area contributed by atoms with Crippen molar-refractivity contribution in [2.24, 2.45) is 16.6 Å². The third kappa shape index (κ3) is 4.46. The summed E-state index contributed by atoms with van der Waals surface area (Å²) in [5.74, 6) is 1.21. The molecule has 0 radical (unpaired) electrons. The maximum atomic E-state index is 7.73. The van der Waals surface area contributed by atoms with Crippen molar-refractivity contribution >= 4 is 23.1 Å². The average Bonchev–Trinajstić information content (AvgIpc) is 2.74. The van der Waals surface area contributed by atoms with Gasteiger partial charge in [0.2, 0.25) is 0 Å². The molecule has 2 aliphatic rings. The Hall–Kier alpha value is -2.37. The summed E-state index contributed by atoms with van der Waals surface area (Å²) in [6, 6.07) is 13.9. The average molecular weight is 412 g/mol. The van der Waals surface area contributed by atoms with Gasteiger partial charge in [-0.15, -0.1) is 0 Å². The highest BCUT2D eigenvalue weighted by molar-refractivity contribution is 6.38. The molecule has 1 fully saturated rings. The molecule has 0 bridgehead atoms. The van der Waals surface area contributed by atoms with E-state index in [9.17, 15) is 0 Å². The predicted molar refractivity (Wildman–Crippen MR) is 117 cm³/mol. The Morgan fingerprint density at radius 1 is 1.21 bits per heavy atom. The van der Waals surface area contributed by atoms with Crippen LogP contribution in [-0.4, -0.2) is 30.9 Å². The molecule has 29 heavy (non-hydrogen) atoms. The van der Waals surface area contributed by atoms with E-state index in [-0.39, 0.29) is 18.0 Å². The van der Waals surface area contributed by atoms with E-state index in [1.54, 1.807) is 6.92 Å². The lowest BCUT2D eigenvalue weighted by molar-refractivity contribution is -0.00910. The van der Waals surface area contributed by atoms with Gasteiger partial charge in [0.25, 0.3) is 0 Å². The molecule has 152 valence electrons. The molecule has 3 N–H and O–H groups in total. The van der Waals surface area contributed by atoms with Crippen molar-refractivity contribution in [1.29, 1.82) is 5.41 Å². The van der Waals surface area contributed by atoms with Crippen molar-refractivity contribution in [3.63, 3.8) is 0 Å². The molecule has 5 nitrogen and oxygen atoms in total. The third-order valence-electron chi connectivity index (χ3n) is 5.72. The van der Waals surface area contributed by atoms with Crippen LogP contribution in [0, 0.1) is 11.3 Å². The third-order valence-corrected chi connectivity index (χ3v) is 5.96. The van der Waals surface area contributed by atoms with Crippen molar-refractivity contribution in [1.82, 2.24) is 0 Å². The van der Waals surface area contributed by atoms with E-state index in [0.29, 0.717) is 16.7 Å². The first-order valence-corrected chi connectivity index (χ1v) is 10.4. The summed E-state index contributed by atoms with van der Waals surface area (Å²) < 4.78 is 12.1. The molecule has 0 aliphatic carbocycles. The van der Waals surface area contributed by atoms with Crippen molar-refractivity contribution in [2.75, 3.05) is 13.2 Å².